The summed E-state index contributed by atoms with van der Waals surface area (Å²) in [6, 6.07) is 10.3. The molecule has 5 heteroatoms. The van der Waals surface area contributed by atoms with Gasteiger partial charge in [0.25, 0.3) is 0 Å². The lowest BCUT2D eigenvalue weighted by Crippen LogP contribution is -2.36. The molecule has 0 atom stereocenters. The molecule has 2 aliphatic rings. The van der Waals surface area contributed by atoms with Crippen molar-refractivity contribution in [2.75, 3.05) is 31.1 Å². The van der Waals surface area contributed by atoms with Crippen molar-refractivity contribution in [3.63, 3.8) is 0 Å². The number of anilines is 1. The maximum atomic E-state index is 12.3. The van der Waals surface area contributed by atoms with Gasteiger partial charge in [0.15, 0.2) is 0 Å². The van der Waals surface area contributed by atoms with Gasteiger partial charge in [0, 0.05) is 42.0 Å². The molecule has 2 aromatic rings. The highest BCUT2D eigenvalue weighted by molar-refractivity contribution is 9.10. The summed E-state index contributed by atoms with van der Waals surface area (Å²) in [5.74, 6) is 1.68. The van der Waals surface area contributed by atoms with Crippen LogP contribution in [0.25, 0.3) is 10.9 Å². The molecule has 1 amide bonds. The van der Waals surface area contributed by atoms with E-state index in [1.54, 1.807) is 0 Å². The van der Waals surface area contributed by atoms with Crippen molar-refractivity contribution >= 4 is 38.6 Å². The summed E-state index contributed by atoms with van der Waals surface area (Å²) in [7, 11) is 0. The molecule has 1 saturated heterocycles. The van der Waals surface area contributed by atoms with E-state index in [2.05, 4.69) is 43.9 Å². The summed E-state index contributed by atoms with van der Waals surface area (Å²) < 4.78 is 1.03. The zero-order chi connectivity index (χ0) is 15.8. The Hall–Kier alpha value is -1.62. The minimum absolute atomic E-state index is 0.316. The third kappa shape index (κ3) is 3.07. The Bertz CT molecular complexity index is 744. The largest absolute Gasteiger partial charge is 0.355 e. The number of fused-ring (bicyclic) bond motifs is 1. The smallest absolute Gasteiger partial charge is 0.225 e. The van der Waals surface area contributed by atoms with Crippen molar-refractivity contribution in [2.24, 2.45) is 5.92 Å². The minimum atomic E-state index is 0.316. The fourth-order valence-electron chi connectivity index (χ4n) is 3.23. The average Bonchev–Trinajstić information content (AvgIpc) is 3.41. The number of rotatable bonds is 2. The number of carbonyl (C=O) groups excluding carboxylic acids is 1. The Balaban J connectivity index is 1.53. The second-order valence-electron chi connectivity index (χ2n) is 6.42. The molecule has 0 unspecified atom stereocenters. The van der Waals surface area contributed by atoms with E-state index in [1.165, 1.54) is 0 Å². The number of benzene rings is 1. The third-order valence-corrected chi connectivity index (χ3v) is 5.35. The fourth-order valence-corrected chi connectivity index (χ4v) is 3.70. The van der Waals surface area contributed by atoms with Crippen molar-refractivity contribution < 1.29 is 4.79 Å². The Morgan fingerprint density at radius 2 is 1.96 bits per heavy atom. The maximum absolute atomic E-state index is 12.3. The van der Waals surface area contributed by atoms with E-state index >= 15 is 0 Å². The first kappa shape index (κ1) is 14.9. The predicted octanol–water partition coefficient (Wildman–Crippen LogP) is 3.45. The van der Waals surface area contributed by atoms with Gasteiger partial charge in [-0.3, -0.25) is 4.79 Å². The Labute approximate surface area is 144 Å². The number of amides is 1. The minimum Gasteiger partial charge on any atom is -0.355 e. The highest BCUT2D eigenvalue weighted by atomic mass is 79.9. The summed E-state index contributed by atoms with van der Waals surface area (Å²) in [5.41, 5.74) is 1.00. The summed E-state index contributed by atoms with van der Waals surface area (Å²) in [6.07, 6.45) is 3.17. The monoisotopic (exact) mass is 373 g/mol. The van der Waals surface area contributed by atoms with E-state index in [-0.39, 0.29) is 0 Å². The lowest BCUT2D eigenvalue weighted by Gasteiger charge is -2.23. The highest BCUT2D eigenvalue weighted by Gasteiger charge is 2.34. The fraction of sp³-hybridized carbons (Fsp3) is 0.444. The molecule has 1 aliphatic carbocycles. The standard InChI is InChI=1S/C18H20BrN3O/c19-15-4-1-3-13-7-8-16(20-17(13)15)21-9-2-10-22(12-11-21)18(23)14-5-6-14/h1,3-4,7-8,14H,2,5-6,9-12H2. The summed E-state index contributed by atoms with van der Waals surface area (Å²) in [4.78, 5) is 21.4. The number of hydrogen-bond acceptors (Lipinski definition) is 3. The predicted molar refractivity (Wildman–Crippen MR) is 95.6 cm³/mol. The molecule has 1 aromatic carbocycles. The van der Waals surface area contributed by atoms with E-state index < -0.39 is 0 Å². The summed E-state index contributed by atoms with van der Waals surface area (Å²) >= 11 is 3.59. The van der Waals surface area contributed by atoms with Crippen molar-refractivity contribution in [1.29, 1.82) is 0 Å². The van der Waals surface area contributed by atoms with Gasteiger partial charge in [-0.2, -0.15) is 0 Å². The normalized spacial score (nSPS) is 19.0. The van der Waals surface area contributed by atoms with E-state index in [0.717, 1.165) is 66.6 Å². The van der Waals surface area contributed by atoms with Gasteiger partial charge in [-0.15, -0.1) is 0 Å². The van der Waals surface area contributed by atoms with Crippen molar-refractivity contribution in [1.82, 2.24) is 9.88 Å². The van der Waals surface area contributed by atoms with Gasteiger partial charge in [-0.1, -0.05) is 12.1 Å². The molecule has 120 valence electrons. The lowest BCUT2D eigenvalue weighted by molar-refractivity contribution is -0.132. The molecule has 0 bridgehead atoms. The number of halogens is 1. The molecule has 0 spiro atoms. The number of nitrogens with zero attached hydrogens (tertiary/aromatic N) is 3. The van der Waals surface area contributed by atoms with Gasteiger partial charge in [0.05, 0.1) is 5.52 Å². The summed E-state index contributed by atoms with van der Waals surface area (Å²) in [5, 5.41) is 1.14. The zero-order valence-electron chi connectivity index (χ0n) is 13.0. The average molecular weight is 374 g/mol. The topological polar surface area (TPSA) is 36.4 Å². The van der Waals surface area contributed by atoms with Crippen LogP contribution in [0.5, 0.6) is 0 Å². The molecule has 1 aliphatic heterocycles. The molecule has 0 radical (unpaired) electrons. The molecule has 0 N–H and O–H groups in total. The molecule has 4 rings (SSSR count). The van der Waals surface area contributed by atoms with Crippen LogP contribution >= 0.6 is 15.9 Å². The number of pyridine rings is 1. The van der Waals surface area contributed by atoms with Gasteiger partial charge in [0.2, 0.25) is 5.91 Å². The van der Waals surface area contributed by atoms with Crippen LogP contribution in [0, 0.1) is 5.92 Å². The van der Waals surface area contributed by atoms with Gasteiger partial charge < -0.3 is 9.80 Å². The first-order valence-corrected chi connectivity index (χ1v) is 9.11. The second kappa shape index (κ2) is 6.11. The van der Waals surface area contributed by atoms with Crippen LogP contribution in [-0.4, -0.2) is 42.0 Å². The SMILES string of the molecule is O=C(C1CC1)N1CCCN(c2ccc3cccc(Br)c3n2)CC1. The van der Waals surface area contributed by atoms with Crippen LogP contribution in [0.1, 0.15) is 19.3 Å². The van der Waals surface area contributed by atoms with E-state index in [4.69, 9.17) is 4.98 Å². The Morgan fingerprint density at radius 1 is 1.09 bits per heavy atom. The van der Waals surface area contributed by atoms with Gasteiger partial charge in [0.1, 0.15) is 5.82 Å². The number of hydrogen-bond donors (Lipinski definition) is 0. The molecule has 4 nitrogen and oxygen atoms in total. The molecule has 2 fully saturated rings. The second-order valence-corrected chi connectivity index (χ2v) is 7.28. The van der Waals surface area contributed by atoms with E-state index in [0.29, 0.717) is 11.8 Å². The molecule has 23 heavy (non-hydrogen) atoms. The van der Waals surface area contributed by atoms with Gasteiger partial charge in [-0.25, -0.2) is 4.98 Å². The summed E-state index contributed by atoms with van der Waals surface area (Å²) in [6.45, 7) is 3.51. The first-order valence-electron chi connectivity index (χ1n) is 8.31. The number of carbonyl (C=O) groups is 1. The van der Waals surface area contributed by atoms with Crippen LogP contribution < -0.4 is 4.90 Å². The van der Waals surface area contributed by atoms with E-state index in [9.17, 15) is 4.79 Å². The van der Waals surface area contributed by atoms with Gasteiger partial charge >= 0.3 is 0 Å². The van der Waals surface area contributed by atoms with Crippen LogP contribution in [0.2, 0.25) is 0 Å². The van der Waals surface area contributed by atoms with Crippen LogP contribution in [0.15, 0.2) is 34.8 Å². The lowest BCUT2D eigenvalue weighted by atomic mass is 10.2. The van der Waals surface area contributed by atoms with Crippen LogP contribution in [-0.2, 0) is 4.79 Å². The van der Waals surface area contributed by atoms with Crippen LogP contribution in [0.3, 0.4) is 0 Å². The van der Waals surface area contributed by atoms with Crippen molar-refractivity contribution in [3.8, 4) is 0 Å². The first-order chi connectivity index (χ1) is 11.2. The van der Waals surface area contributed by atoms with Gasteiger partial charge in [-0.05, 0) is 53.4 Å². The quantitative estimate of drug-likeness (QED) is 0.808. The number of aromatic nitrogens is 1. The maximum Gasteiger partial charge on any atom is 0.225 e. The van der Waals surface area contributed by atoms with Crippen LogP contribution in [0.4, 0.5) is 5.82 Å². The van der Waals surface area contributed by atoms with E-state index in [1.807, 2.05) is 12.1 Å². The molecular weight excluding hydrogens is 354 g/mol. The third-order valence-electron chi connectivity index (χ3n) is 4.71. The highest BCUT2D eigenvalue weighted by Crippen LogP contribution is 2.31. The molecule has 1 aromatic heterocycles. The number of para-hydroxylation sites is 1. The molecular formula is C18H20BrN3O. The Morgan fingerprint density at radius 3 is 2.78 bits per heavy atom. The zero-order valence-corrected chi connectivity index (χ0v) is 14.6. The van der Waals surface area contributed by atoms with Crippen molar-refractivity contribution in [3.05, 3.63) is 34.8 Å². The molecule has 2 heterocycles. The molecule has 1 saturated carbocycles. The van der Waals surface area contributed by atoms with Crippen molar-refractivity contribution in [2.45, 2.75) is 19.3 Å². The Kier molecular flexibility index (Phi) is 3.97.